The van der Waals surface area contributed by atoms with E-state index in [2.05, 4.69) is 9.97 Å². The van der Waals surface area contributed by atoms with Crippen molar-refractivity contribution in [2.45, 2.75) is 6.92 Å². The van der Waals surface area contributed by atoms with Crippen molar-refractivity contribution in [3.8, 4) is 11.3 Å². The second-order valence-electron chi connectivity index (χ2n) is 3.06. The summed E-state index contributed by atoms with van der Waals surface area (Å²) in [6.45, 7) is 1.98. The zero-order valence-electron chi connectivity index (χ0n) is 7.74. The smallest absolute Gasteiger partial charge is 0.116 e. The second kappa shape index (κ2) is 3.76. The van der Waals surface area contributed by atoms with Crippen LogP contribution in [0.2, 0.25) is 5.02 Å². The third kappa shape index (κ3) is 1.75. The van der Waals surface area contributed by atoms with Crippen LogP contribution in [0.25, 0.3) is 11.3 Å². The molecular weight excluding hydrogens is 196 g/mol. The normalized spacial score (nSPS) is 10.1. The number of aromatic nitrogens is 2. The molecule has 3 heteroatoms. The first-order valence-corrected chi connectivity index (χ1v) is 4.68. The number of halogens is 1. The Kier molecular flexibility index (Phi) is 2.46. The maximum Gasteiger partial charge on any atom is 0.116 e. The molecule has 1 aromatic heterocycles. The summed E-state index contributed by atoms with van der Waals surface area (Å²) in [6, 6.07) is 7.77. The van der Waals surface area contributed by atoms with Crippen LogP contribution in [0, 0.1) is 6.92 Å². The van der Waals surface area contributed by atoms with Crippen LogP contribution < -0.4 is 0 Å². The predicted molar refractivity (Wildman–Crippen MR) is 57.2 cm³/mol. The number of hydrogen-bond donors (Lipinski definition) is 0. The minimum Gasteiger partial charge on any atom is -0.245 e. The highest BCUT2D eigenvalue weighted by Crippen LogP contribution is 2.23. The molecule has 0 fully saturated rings. The van der Waals surface area contributed by atoms with E-state index in [1.807, 2.05) is 31.2 Å². The molecule has 0 N–H and O–H groups in total. The summed E-state index contributed by atoms with van der Waals surface area (Å²) in [7, 11) is 0. The van der Waals surface area contributed by atoms with Crippen molar-refractivity contribution in [3.05, 3.63) is 47.4 Å². The van der Waals surface area contributed by atoms with Gasteiger partial charge >= 0.3 is 0 Å². The fourth-order valence-electron chi connectivity index (χ4n) is 1.21. The maximum absolute atomic E-state index is 6.02. The van der Waals surface area contributed by atoms with Gasteiger partial charge in [-0.3, -0.25) is 0 Å². The molecule has 0 saturated carbocycles. The summed E-state index contributed by atoms with van der Waals surface area (Å²) in [5, 5.41) is 0.765. The summed E-state index contributed by atoms with van der Waals surface area (Å²) in [6.07, 6.45) is 3.25. The largest absolute Gasteiger partial charge is 0.245 e. The molecule has 70 valence electrons. The molecule has 0 unspecified atom stereocenters. The van der Waals surface area contributed by atoms with Gasteiger partial charge in [0.1, 0.15) is 6.33 Å². The standard InChI is InChI=1S/C11H9ClN2/c1-8-2-3-9(6-10(8)12)11-4-5-13-7-14-11/h2-7H,1H3. The van der Waals surface area contributed by atoms with Crippen molar-refractivity contribution >= 4 is 11.6 Å². The molecule has 1 heterocycles. The molecule has 1 aromatic carbocycles. The number of benzene rings is 1. The lowest BCUT2D eigenvalue weighted by atomic mass is 10.1. The van der Waals surface area contributed by atoms with E-state index in [9.17, 15) is 0 Å². The van der Waals surface area contributed by atoms with Gasteiger partial charge in [-0.25, -0.2) is 9.97 Å². The van der Waals surface area contributed by atoms with Gasteiger partial charge < -0.3 is 0 Å². The van der Waals surface area contributed by atoms with Crippen molar-refractivity contribution in [2.75, 3.05) is 0 Å². The molecule has 0 radical (unpaired) electrons. The van der Waals surface area contributed by atoms with Crippen LogP contribution in [0.15, 0.2) is 36.8 Å². The zero-order chi connectivity index (χ0) is 9.97. The minimum atomic E-state index is 0.765. The highest BCUT2D eigenvalue weighted by Gasteiger charge is 2.00. The topological polar surface area (TPSA) is 25.8 Å². The molecule has 14 heavy (non-hydrogen) atoms. The van der Waals surface area contributed by atoms with Crippen LogP contribution in [0.5, 0.6) is 0 Å². The van der Waals surface area contributed by atoms with Crippen LogP contribution in [0.1, 0.15) is 5.56 Å². The van der Waals surface area contributed by atoms with Crippen LogP contribution in [-0.4, -0.2) is 9.97 Å². The van der Waals surface area contributed by atoms with E-state index in [1.54, 1.807) is 6.20 Å². The summed E-state index contributed by atoms with van der Waals surface area (Å²) in [5.74, 6) is 0. The van der Waals surface area contributed by atoms with E-state index in [4.69, 9.17) is 11.6 Å². The molecular formula is C11H9ClN2. The Labute approximate surface area is 87.6 Å². The molecule has 0 amide bonds. The van der Waals surface area contributed by atoms with Crippen molar-refractivity contribution in [2.24, 2.45) is 0 Å². The molecule has 2 aromatic rings. The van der Waals surface area contributed by atoms with Gasteiger partial charge in [-0.1, -0.05) is 23.7 Å². The lowest BCUT2D eigenvalue weighted by molar-refractivity contribution is 1.17. The summed E-state index contributed by atoms with van der Waals surface area (Å²) < 4.78 is 0. The first kappa shape index (κ1) is 9.16. The summed E-state index contributed by atoms with van der Waals surface area (Å²) >= 11 is 6.02. The van der Waals surface area contributed by atoms with Crippen LogP contribution in [-0.2, 0) is 0 Å². The predicted octanol–water partition coefficient (Wildman–Crippen LogP) is 3.11. The minimum absolute atomic E-state index is 0.765. The van der Waals surface area contributed by atoms with Gasteiger partial charge in [0.2, 0.25) is 0 Å². The molecule has 0 aliphatic rings. The number of aryl methyl sites for hydroxylation is 1. The zero-order valence-corrected chi connectivity index (χ0v) is 8.49. The molecule has 0 bridgehead atoms. The van der Waals surface area contributed by atoms with Gasteiger partial charge in [-0.05, 0) is 24.6 Å². The molecule has 2 rings (SSSR count). The summed E-state index contributed by atoms with van der Waals surface area (Å²) in [5.41, 5.74) is 2.98. The van der Waals surface area contributed by atoms with Gasteiger partial charge in [-0.2, -0.15) is 0 Å². The third-order valence-corrected chi connectivity index (χ3v) is 2.46. The molecule has 0 spiro atoms. The Morgan fingerprint density at radius 2 is 2.07 bits per heavy atom. The van der Waals surface area contributed by atoms with Gasteiger partial charge in [0, 0.05) is 16.8 Å². The van der Waals surface area contributed by atoms with Crippen molar-refractivity contribution in [1.29, 1.82) is 0 Å². The number of hydrogen-bond acceptors (Lipinski definition) is 2. The highest BCUT2D eigenvalue weighted by atomic mass is 35.5. The third-order valence-electron chi connectivity index (χ3n) is 2.05. The van der Waals surface area contributed by atoms with Crippen molar-refractivity contribution in [3.63, 3.8) is 0 Å². The summed E-state index contributed by atoms with van der Waals surface area (Å²) in [4.78, 5) is 8.02. The Hall–Kier alpha value is -1.41. The lowest BCUT2D eigenvalue weighted by Crippen LogP contribution is -1.84. The van der Waals surface area contributed by atoms with E-state index < -0.39 is 0 Å². The average Bonchev–Trinajstić information content (AvgIpc) is 2.23. The monoisotopic (exact) mass is 204 g/mol. The Morgan fingerprint density at radius 1 is 1.21 bits per heavy atom. The van der Waals surface area contributed by atoms with E-state index in [0.29, 0.717) is 0 Å². The van der Waals surface area contributed by atoms with E-state index in [0.717, 1.165) is 21.8 Å². The van der Waals surface area contributed by atoms with E-state index in [1.165, 1.54) is 6.33 Å². The van der Waals surface area contributed by atoms with Crippen molar-refractivity contribution < 1.29 is 0 Å². The Bertz CT molecular complexity index is 440. The van der Waals surface area contributed by atoms with Gasteiger partial charge in [0.15, 0.2) is 0 Å². The second-order valence-corrected chi connectivity index (χ2v) is 3.47. The van der Waals surface area contributed by atoms with Gasteiger partial charge in [-0.15, -0.1) is 0 Å². The fraction of sp³-hybridized carbons (Fsp3) is 0.0909. The molecule has 2 nitrogen and oxygen atoms in total. The first-order valence-electron chi connectivity index (χ1n) is 4.30. The average molecular weight is 205 g/mol. The Morgan fingerprint density at radius 3 is 2.71 bits per heavy atom. The SMILES string of the molecule is Cc1ccc(-c2ccncn2)cc1Cl. The molecule has 0 aliphatic heterocycles. The fourth-order valence-corrected chi connectivity index (χ4v) is 1.39. The lowest BCUT2D eigenvalue weighted by Gasteiger charge is -2.02. The van der Waals surface area contributed by atoms with Crippen molar-refractivity contribution in [1.82, 2.24) is 9.97 Å². The van der Waals surface area contributed by atoms with Crippen LogP contribution >= 0.6 is 11.6 Å². The van der Waals surface area contributed by atoms with E-state index >= 15 is 0 Å². The van der Waals surface area contributed by atoms with Crippen LogP contribution in [0.3, 0.4) is 0 Å². The Balaban J connectivity index is 2.48. The maximum atomic E-state index is 6.02. The quantitative estimate of drug-likeness (QED) is 0.714. The van der Waals surface area contributed by atoms with Crippen LogP contribution in [0.4, 0.5) is 0 Å². The molecule has 0 aliphatic carbocycles. The number of nitrogens with zero attached hydrogens (tertiary/aromatic N) is 2. The first-order chi connectivity index (χ1) is 6.77. The number of rotatable bonds is 1. The van der Waals surface area contributed by atoms with E-state index in [-0.39, 0.29) is 0 Å². The molecule has 0 atom stereocenters. The van der Waals surface area contributed by atoms with Gasteiger partial charge in [0.25, 0.3) is 0 Å². The van der Waals surface area contributed by atoms with Gasteiger partial charge in [0.05, 0.1) is 5.69 Å². The highest BCUT2D eigenvalue weighted by molar-refractivity contribution is 6.31. The molecule has 0 saturated heterocycles.